The van der Waals surface area contributed by atoms with Crippen molar-refractivity contribution in [2.24, 2.45) is 0 Å². The van der Waals surface area contributed by atoms with Crippen molar-refractivity contribution >= 4 is 17.4 Å². The second-order valence-corrected chi connectivity index (χ2v) is 6.75. The largest absolute Gasteiger partial charge is 0.385 e. The molecule has 1 saturated carbocycles. The number of ether oxygens (including phenoxy) is 1. The molecule has 0 saturated heterocycles. The summed E-state index contributed by atoms with van der Waals surface area (Å²) in [6.45, 7) is 3.00. The molecule has 1 unspecified atom stereocenters. The SMILES string of the molecule is COCCC(C)Nc1ccc(SC2CCCC2)cc1. The van der Waals surface area contributed by atoms with Crippen molar-refractivity contribution in [3.63, 3.8) is 0 Å². The number of nitrogens with one attached hydrogen (secondary N) is 1. The van der Waals surface area contributed by atoms with E-state index < -0.39 is 0 Å². The number of anilines is 1. The van der Waals surface area contributed by atoms with Crippen molar-refractivity contribution in [2.75, 3.05) is 19.0 Å². The molecule has 106 valence electrons. The summed E-state index contributed by atoms with van der Waals surface area (Å²) >= 11 is 2.04. The highest BCUT2D eigenvalue weighted by Gasteiger charge is 2.15. The highest BCUT2D eigenvalue weighted by Crippen LogP contribution is 2.34. The number of methoxy groups -OCH3 is 1. The molecule has 0 bridgehead atoms. The van der Waals surface area contributed by atoms with E-state index >= 15 is 0 Å². The molecule has 0 heterocycles. The van der Waals surface area contributed by atoms with Crippen LogP contribution in [0.25, 0.3) is 0 Å². The topological polar surface area (TPSA) is 21.3 Å². The minimum atomic E-state index is 0.452. The summed E-state index contributed by atoms with van der Waals surface area (Å²) in [4.78, 5) is 1.40. The first kappa shape index (κ1) is 14.7. The van der Waals surface area contributed by atoms with E-state index in [2.05, 4.69) is 36.5 Å². The van der Waals surface area contributed by atoms with E-state index in [1.165, 1.54) is 36.3 Å². The predicted octanol–water partition coefficient (Wildman–Crippen LogP) is 4.56. The maximum atomic E-state index is 5.10. The zero-order valence-corrected chi connectivity index (χ0v) is 12.8. The maximum Gasteiger partial charge on any atom is 0.0481 e. The van der Waals surface area contributed by atoms with Gasteiger partial charge in [-0.3, -0.25) is 0 Å². The molecule has 0 amide bonds. The zero-order chi connectivity index (χ0) is 13.5. The molecule has 19 heavy (non-hydrogen) atoms. The van der Waals surface area contributed by atoms with Crippen LogP contribution < -0.4 is 5.32 Å². The number of rotatable bonds is 7. The molecule has 1 aliphatic carbocycles. The van der Waals surface area contributed by atoms with Crippen LogP contribution in [0, 0.1) is 0 Å². The van der Waals surface area contributed by atoms with E-state index in [4.69, 9.17) is 4.74 Å². The Bertz CT molecular complexity index is 360. The molecule has 1 atom stereocenters. The summed E-state index contributed by atoms with van der Waals surface area (Å²) < 4.78 is 5.10. The quantitative estimate of drug-likeness (QED) is 0.790. The van der Waals surface area contributed by atoms with Crippen LogP contribution in [0.2, 0.25) is 0 Å². The lowest BCUT2D eigenvalue weighted by atomic mass is 10.2. The lowest BCUT2D eigenvalue weighted by Crippen LogP contribution is -2.16. The van der Waals surface area contributed by atoms with Gasteiger partial charge in [0.25, 0.3) is 0 Å². The number of thioether (sulfide) groups is 1. The van der Waals surface area contributed by atoms with Crippen LogP contribution in [0.3, 0.4) is 0 Å². The van der Waals surface area contributed by atoms with Gasteiger partial charge in [-0.15, -0.1) is 11.8 Å². The van der Waals surface area contributed by atoms with Gasteiger partial charge in [0.2, 0.25) is 0 Å². The van der Waals surface area contributed by atoms with Crippen molar-refractivity contribution < 1.29 is 4.74 Å². The van der Waals surface area contributed by atoms with Crippen molar-refractivity contribution in [1.82, 2.24) is 0 Å². The molecule has 1 N–H and O–H groups in total. The molecule has 0 spiro atoms. The Labute approximate surface area is 121 Å². The molecule has 0 aromatic heterocycles. The second-order valence-electron chi connectivity index (χ2n) is 5.38. The van der Waals surface area contributed by atoms with Gasteiger partial charge >= 0.3 is 0 Å². The lowest BCUT2D eigenvalue weighted by Gasteiger charge is -2.15. The van der Waals surface area contributed by atoms with Crippen LogP contribution in [0.15, 0.2) is 29.2 Å². The standard InChI is InChI=1S/C16H25NOS/c1-13(11-12-18-2)17-14-7-9-16(10-8-14)19-15-5-3-4-6-15/h7-10,13,15,17H,3-6,11-12H2,1-2H3. The van der Waals surface area contributed by atoms with Gasteiger partial charge < -0.3 is 10.1 Å². The summed E-state index contributed by atoms with van der Waals surface area (Å²) in [6.07, 6.45) is 6.63. The van der Waals surface area contributed by atoms with Gasteiger partial charge in [-0.05, 0) is 50.5 Å². The van der Waals surface area contributed by atoms with Crippen LogP contribution in [-0.4, -0.2) is 25.0 Å². The van der Waals surface area contributed by atoms with Crippen molar-refractivity contribution in [3.8, 4) is 0 Å². The third-order valence-corrected chi connectivity index (χ3v) is 4.98. The average Bonchev–Trinajstić information content (AvgIpc) is 2.91. The predicted molar refractivity (Wildman–Crippen MR) is 84.1 cm³/mol. The van der Waals surface area contributed by atoms with Crippen LogP contribution >= 0.6 is 11.8 Å². The summed E-state index contributed by atoms with van der Waals surface area (Å²) in [6, 6.07) is 9.33. The number of benzene rings is 1. The van der Waals surface area contributed by atoms with E-state index in [9.17, 15) is 0 Å². The third-order valence-electron chi connectivity index (χ3n) is 3.63. The van der Waals surface area contributed by atoms with Crippen LogP contribution in [0.1, 0.15) is 39.0 Å². The van der Waals surface area contributed by atoms with Gasteiger partial charge in [0.1, 0.15) is 0 Å². The monoisotopic (exact) mass is 279 g/mol. The fraction of sp³-hybridized carbons (Fsp3) is 0.625. The summed E-state index contributed by atoms with van der Waals surface area (Å²) in [5, 5.41) is 4.35. The fourth-order valence-corrected chi connectivity index (χ4v) is 3.73. The van der Waals surface area contributed by atoms with Gasteiger partial charge in [-0.1, -0.05) is 12.8 Å². The Kier molecular flexibility index (Phi) is 6.05. The molecule has 1 aliphatic rings. The molecule has 3 heteroatoms. The van der Waals surface area contributed by atoms with E-state index in [0.717, 1.165) is 18.3 Å². The number of hydrogen-bond acceptors (Lipinski definition) is 3. The van der Waals surface area contributed by atoms with E-state index in [0.29, 0.717) is 6.04 Å². The molecular formula is C16H25NOS. The first-order chi connectivity index (χ1) is 9.28. The Morgan fingerprint density at radius 1 is 1.26 bits per heavy atom. The van der Waals surface area contributed by atoms with Crippen LogP contribution in [0.4, 0.5) is 5.69 Å². The normalized spacial score (nSPS) is 17.6. The minimum Gasteiger partial charge on any atom is -0.385 e. The molecule has 1 aromatic rings. The summed E-state index contributed by atoms with van der Waals surface area (Å²) in [5.74, 6) is 0. The van der Waals surface area contributed by atoms with E-state index in [1.807, 2.05) is 11.8 Å². The van der Waals surface area contributed by atoms with Crippen LogP contribution in [0.5, 0.6) is 0 Å². The van der Waals surface area contributed by atoms with Crippen LogP contribution in [-0.2, 0) is 4.74 Å². The smallest absolute Gasteiger partial charge is 0.0481 e. The Morgan fingerprint density at radius 2 is 1.95 bits per heavy atom. The highest BCUT2D eigenvalue weighted by atomic mass is 32.2. The van der Waals surface area contributed by atoms with Gasteiger partial charge in [-0.2, -0.15) is 0 Å². The van der Waals surface area contributed by atoms with Gasteiger partial charge in [-0.25, -0.2) is 0 Å². The average molecular weight is 279 g/mol. The van der Waals surface area contributed by atoms with Crippen molar-refractivity contribution in [2.45, 2.75) is 55.2 Å². The first-order valence-electron chi connectivity index (χ1n) is 7.30. The molecule has 1 aromatic carbocycles. The second kappa shape index (κ2) is 7.81. The molecule has 0 aliphatic heterocycles. The molecule has 1 fully saturated rings. The minimum absolute atomic E-state index is 0.452. The lowest BCUT2D eigenvalue weighted by molar-refractivity contribution is 0.191. The summed E-state index contributed by atoms with van der Waals surface area (Å²) in [5.41, 5.74) is 1.21. The molecule has 2 rings (SSSR count). The Balaban J connectivity index is 1.80. The Morgan fingerprint density at radius 3 is 2.58 bits per heavy atom. The third kappa shape index (κ3) is 5.07. The summed E-state index contributed by atoms with van der Waals surface area (Å²) in [7, 11) is 1.75. The van der Waals surface area contributed by atoms with E-state index in [-0.39, 0.29) is 0 Å². The zero-order valence-electron chi connectivity index (χ0n) is 12.0. The highest BCUT2D eigenvalue weighted by molar-refractivity contribution is 8.00. The fourth-order valence-electron chi connectivity index (χ4n) is 2.48. The number of hydrogen-bond donors (Lipinski definition) is 1. The van der Waals surface area contributed by atoms with Gasteiger partial charge in [0.15, 0.2) is 0 Å². The Hall–Kier alpha value is -0.670. The molecule has 2 nitrogen and oxygen atoms in total. The van der Waals surface area contributed by atoms with Gasteiger partial charge in [0, 0.05) is 35.6 Å². The molecule has 0 radical (unpaired) electrons. The van der Waals surface area contributed by atoms with Crippen molar-refractivity contribution in [1.29, 1.82) is 0 Å². The molecular weight excluding hydrogens is 254 g/mol. The van der Waals surface area contributed by atoms with Gasteiger partial charge in [0.05, 0.1) is 0 Å². The van der Waals surface area contributed by atoms with E-state index in [1.54, 1.807) is 7.11 Å². The maximum absolute atomic E-state index is 5.10. The first-order valence-corrected chi connectivity index (χ1v) is 8.18. The van der Waals surface area contributed by atoms with Crippen molar-refractivity contribution in [3.05, 3.63) is 24.3 Å².